The summed E-state index contributed by atoms with van der Waals surface area (Å²) in [5, 5.41) is 0. The van der Waals surface area contributed by atoms with Crippen LogP contribution in [0.2, 0.25) is 0 Å². The first kappa shape index (κ1) is 16.7. The Morgan fingerprint density at radius 1 is 1.32 bits per heavy atom. The maximum absolute atomic E-state index is 12.5. The molecule has 1 unspecified atom stereocenters. The minimum atomic E-state index is 0.0910. The summed E-state index contributed by atoms with van der Waals surface area (Å²) in [7, 11) is 3.99. The van der Waals surface area contributed by atoms with Crippen molar-refractivity contribution in [2.75, 3.05) is 40.4 Å². The maximum Gasteiger partial charge on any atom is 0.246 e. The lowest BCUT2D eigenvalue weighted by Crippen LogP contribution is -2.41. The van der Waals surface area contributed by atoms with E-state index in [2.05, 4.69) is 12.1 Å². The molecule has 0 N–H and O–H groups in total. The Hall–Kier alpha value is -1.65. The number of benzene rings is 1. The van der Waals surface area contributed by atoms with E-state index in [1.807, 2.05) is 48.2 Å². The molecule has 22 heavy (non-hydrogen) atoms. The number of hydrogen-bond acceptors (Lipinski definition) is 3. The molecular weight excluding hydrogens is 276 g/mol. The van der Waals surface area contributed by atoms with Crippen LogP contribution in [-0.2, 0) is 16.0 Å². The number of carbonyl (C=O) groups is 1. The highest BCUT2D eigenvalue weighted by atomic mass is 16.5. The second-order valence-electron chi connectivity index (χ2n) is 5.95. The normalized spacial score (nSPS) is 18.2. The Morgan fingerprint density at radius 2 is 2.09 bits per heavy atom. The summed E-state index contributed by atoms with van der Waals surface area (Å²) >= 11 is 0. The summed E-state index contributed by atoms with van der Waals surface area (Å²) in [5.41, 5.74) is 1.26. The molecule has 4 heteroatoms. The largest absolute Gasteiger partial charge is 0.379 e. The van der Waals surface area contributed by atoms with Crippen molar-refractivity contribution in [3.8, 4) is 0 Å². The third-order valence-electron chi connectivity index (χ3n) is 3.84. The maximum atomic E-state index is 12.5. The number of rotatable bonds is 7. The number of amides is 1. The lowest BCUT2D eigenvalue weighted by Gasteiger charge is -2.27. The second kappa shape index (κ2) is 8.71. The van der Waals surface area contributed by atoms with E-state index in [0.717, 1.165) is 32.5 Å². The van der Waals surface area contributed by atoms with Crippen LogP contribution >= 0.6 is 0 Å². The molecule has 4 nitrogen and oxygen atoms in total. The quantitative estimate of drug-likeness (QED) is 0.722. The molecule has 2 rings (SSSR count). The zero-order valence-electron chi connectivity index (χ0n) is 13.6. The zero-order chi connectivity index (χ0) is 15.8. The number of nitrogens with zero attached hydrogens (tertiary/aromatic N) is 2. The van der Waals surface area contributed by atoms with Crippen LogP contribution < -0.4 is 0 Å². The van der Waals surface area contributed by atoms with E-state index in [-0.39, 0.29) is 11.9 Å². The number of hydrogen-bond donors (Lipinski definition) is 0. The van der Waals surface area contributed by atoms with Gasteiger partial charge in [0.15, 0.2) is 0 Å². The first-order valence-electron chi connectivity index (χ1n) is 7.90. The Labute approximate surface area is 133 Å². The van der Waals surface area contributed by atoms with Crippen molar-refractivity contribution in [1.82, 2.24) is 9.80 Å². The highest BCUT2D eigenvalue weighted by Crippen LogP contribution is 2.14. The van der Waals surface area contributed by atoms with Crippen molar-refractivity contribution < 1.29 is 9.53 Å². The summed E-state index contributed by atoms with van der Waals surface area (Å²) in [4.78, 5) is 16.5. The van der Waals surface area contributed by atoms with Crippen molar-refractivity contribution in [2.45, 2.75) is 18.9 Å². The fourth-order valence-corrected chi connectivity index (χ4v) is 2.59. The van der Waals surface area contributed by atoms with Crippen LogP contribution in [0.3, 0.4) is 0 Å². The van der Waals surface area contributed by atoms with Crippen LogP contribution in [0, 0.1) is 0 Å². The summed E-state index contributed by atoms with van der Waals surface area (Å²) in [6, 6.07) is 10.5. The average molecular weight is 302 g/mol. The third kappa shape index (κ3) is 5.28. The molecule has 1 fully saturated rings. The molecule has 0 bridgehead atoms. The molecule has 1 atom stereocenters. The molecule has 0 spiro atoms. The van der Waals surface area contributed by atoms with Gasteiger partial charge in [-0.1, -0.05) is 36.4 Å². The Balaban J connectivity index is 1.96. The zero-order valence-corrected chi connectivity index (χ0v) is 13.6. The molecule has 1 saturated heterocycles. The molecule has 1 aliphatic rings. The monoisotopic (exact) mass is 302 g/mol. The molecule has 1 aromatic carbocycles. The molecule has 120 valence electrons. The summed E-state index contributed by atoms with van der Waals surface area (Å²) in [6.07, 6.45) is 5.43. The van der Waals surface area contributed by atoms with Gasteiger partial charge in [0, 0.05) is 25.8 Å². The van der Waals surface area contributed by atoms with E-state index in [1.165, 1.54) is 5.56 Å². The highest BCUT2D eigenvalue weighted by Gasteiger charge is 2.25. The Bertz CT molecular complexity index is 479. The van der Waals surface area contributed by atoms with Gasteiger partial charge in [-0.2, -0.15) is 0 Å². The van der Waals surface area contributed by atoms with Gasteiger partial charge in [-0.05, 0) is 32.5 Å². The van der Waals surface area contributed by atoms with Crippen LogP contribution in [0.15, 0.2) is 42.5 Å². The summed E-state index contributed by atoms with van der Waals surface area (Å²) < 4.78 is 5.46. The van der Waals surface area contributed by atoms with Gasteiger partial charge in [0.2, 0.25) is 5.91 Å². The summed E-state index contributed by atoms with van der Waals surface area (Å²) in [6.45, 7) is 2.92. The lowest BCUT2D eigenvalue weighted by atomic mass is 10.1. The number of carbonyl (C=O) groups excluding carboxylic acids is 1. The smallest absolute Gasteiger partial charge is 0.246 e. The minimum absolute atomic E-state index is 0.0910. The molecule has 1 aromatic rings. The Morgan fingerprint density at radius 3 is 2.73 bits per heavy atom. The second-order valence-corrected chi connectivity index (χ2v) is 5.95. The van der Waals surface area contributed by atoms with E-state index >= 15 is 0 Å². The van der Waals surface area contributed by atoms with Crippen LogP contribution in [-0.4, -0.2) is 62.1 Å². The van der Waals surface area contributed by atoms with E-state index < -0.39 is 0 Å². The molecule has 1 amide bonds. The SMILES string of the molecule is CN(C)C/C=C/C(=O)N(CCc1ccccc1)C1CCOC1. The van der Waals surface area contributed by atoms with Gasteiger partial charge in [0.05, 0.1) is 12.6 Å². The topological polar surface area (TPSA) is 32.8 Å². The van der Waals surface area contributed by atoms with Crippen LogP contribution in [0.1, 0.15) is 12.0 Å². The third-order valence-corrected chi connectivity index (χ3v) is 3.84. The molecular formula is C18H26N2O2. The van der Waals surface area contributed by atoms with E-state index in [9.17, 15) is 4.79 Å². The number of ether oxygens (including phenoxy) is 1. The predicted octanol–water partition coefficient (Wildman–Crippen LogP) is 1.96. The Kier molecular flexibility index (Phi) is 6.62. The highest BCUT2D eigenvalue weighted by molar-refractivity contribution is 5.87. The van der Waals surface area contributed by atoms with Crippen molar-refractivity contribution in [2.24, 2.45) is 0 Å². The van der Waals surface area contributed by atoms with Gasteiger partial charge >= 0.3 is 0 Å². The van der Waals surface area contributed by atoms with Crippen molar-refractivity contribution in [3.63, 3.8) is 0 Å². The van der Waals surface area contributed by atoms with Crippen molar-refractivity contribution in [3.05, 3.63) is 48.0 Å². The van der Waals surface area contributed by atoms with Gasteiger partial charge in [-0.15, -0.1) is 0 Å². The summed E-state index contributed by atoms with van der Waals surface area (Å²) in [5.74, 6) is 0.0910. The molecule has 0 aromatic heterocycles. The molecule has 0 radical (unpaired) electrons. The lowest BCUT2D eigenvalue weighted by molar-refractivity contribution is -0.128. The van der Waals surface area contributed by atoms with E-state index in [1.54, 1.807) is 6.08 Å². The average Bonchev–Trinajstić information content (AvgIpc) is 3.02. The van der Waals surface area contributed by atoms with Crippen LogP contribution in [0.5, 0.6) is 0 Å². The predicted molar refractivity (Wildman–Crippen MR) is 88.8 cm³/mol. The fourth-order valence-electron chi connectivity index (χ4n) is 2.59. The van der Waals surface area contributed by atoms with Gasteiger partial charge in [-0.3, -0.25) is 4.79 Å². The first-order valence-corrected chi connectivity index (χ1v) is 7.90. The molecule has 0 aliphatic carbocycles. The molecule has 1 aliphatic heterocycles. The van der Waals surface area contributed by atoms with Crippen LogP contribution in [0.4, 0.5) is 0 Å². The van der Waals surface area contributed by atoms with E-state index in [0.29, 0.717) is 6.61 Å². The standard InChI is InChI=1S/C18H26N2O2/c1-19(2)12-6-9-18(21)20(17-11-14-22-15-17)13-10-16-7-4-3-5-8-16/h3-9,17H,10-15H2,1-2H3/b9-6+. The molecule has 1 heterocycles. The molecule has 0 saturated carbocycles. The van der Waals surface area contributed by atoms with Gasteiger partial charge < -0.3 is 14.5 Å². The van der Waals surface area contributed by atoms with Gasteiger partial charge in [0.25, 0.3) is 0 Å². The van der Waals surface area contributed by atoms with Crippen molar-refractivity contribution in [1.29, 1.82) is 0 Å². The van der Waals surface area contributed by atoms with Crippen LogP contribution in [0.25, 0.3) is 0 Å². The number of likely N-dealkylation sites (N-methyl/N-ethyl adjacent to an activating group) is 1. The first-order chi connectivity index (χ1) is 10.7. The minimum Gasteiger partial charge on any atom is -0.379 e. The van der Waals surface area contributed by atoms with Crippen molar-refractivity contribution >= 4 is 5.91 Å². The van der Waals surface area contributed by atoms with Gasteiger partial charge in [-0.25, -0.2) is 0 Å². The van der Waals surface area contributed by atoms with Gasteiger partial charge in [0.1, 0.15) is 0 Å². The fraction of sp³-hybridized carbons (Fsp3) is 0.500. The van der Waals surface area contributed by atoms with E-state index in [4.69, 9.17) is 4.74 Å².